The van der Waals surface area contributed by atoms with Gasteiger partial charge in [0.2, 0.25) is 0 Å². The molecule has 2 N–H and O–H groups in total. The van der Waals surface area contributed by atoms with E-state index in [2.05, 4.69) is 29.1 Å². The molecular weight excluding hydrogens is 278 g/mol. The van der Waals surface area contributed by atoms with E-state index >= 15 is 0 Å². The number of pyridine rings is 1. The van der Waals surface area contributed by atoms with Gasteiger partial charge in [0.05, 0.1) is 17.8 Å². The second kappa shape index (κ2) is 6.08. The third-order valence-corrected chi connectivity index (χ3v) is 3.83. The van der Waals surface area contributed by atoms with E-state index in [4.69, 9.17) is 12.2 Å². The summed E-state index contributed by atoms with van der Waals surface area (Å²) in [5, 5.41) is 5.76. The van der Waals surface area contributed by atoms with Crippen LogP contribution in [-0.2, 0) is 6.54 Å². The predicted octanol–water partition coefficient (Wildman–Crippen LogP) is 3.25. The molecule has 4 nitrogen and oxygen atoms in total. The highest BCUT2D eigenvalue weighted by Crippen LogP contribution is 2.17. The molecule has 2 rings (SSSR count). The Morgan fingerprint density at radius 3 is 3.00 bits per heavy atom. The van der Waals surface area contributed by atoms with Crippen LogP contribution in [0.2, 0.25) is 0 Å². The summed E-state index contributed by atoms with van der Waals surface area (Å²) in [6.07, 6.45) is 1.70. The molecule has 0 unspecified atom stereocenters. The summed E-state index contributed by atoms with van der Waals surface area (Å²) < 4.78 is 0.446. The molecule has 0 spiro atoms. The molecule has 0 radical (unpaired) electrons. The van der Waals surface area contributed by atoms with Gasteiger partial charge in [0.25, 0.3) is 5.91 Å². The first kappa shape index (κ1) is 13.9. The van der Waals surface area contributed by atoms with Gasteiger partial charge in [-0.2, -0.15) is 0 Å². The number of aromatic nitrogens is 2. The van der Waals surface area contributed by atoms with E-state index in [1.54, 1.807) is 29.7 Å². The summed E-state index contributed by atoms with van der Waals surface area (Å²) in [4.78, 5) is 19.3. The molecule has 0 aliphatic carbocycles. The van der Waals surface area contributed by atoms with Crippen LogP contribution in [0.5, 0.6) is 0 Å². The topological polar surface area (TPSA) is 57.8 Å². The molecular formula is C13H15N3OS2. The number of nitrogens with one attached hydrogen (secondary N) is 2. The van der Waals surface area contributed by atoms with Crippen molar-refractivity contribution in [2.45, 2.75) is 26.3 Å². The third-order valence-electron chi connectivity index (χ3n) is 2.62. The summed E-state index contributed by atoms with van der Waals surface area (Å²) in [7, 11) is 0. The zero-order valence-corrected chi connectivity index (χ0v) is 12.4. The van der Waals surface area contributed by atoms with Crippen molar-refractivity contribution >= 4 is 29.5 Å². The van der Waals surface area contributed by atoms with Crippen molar-refractivity contribution in [1.29, 1.82) is 0 Å². The Hall–Kier alpha value is -1.53. The van der Waals surface area contributed by atoms with Crippen LogP contribution in [-0.4, -0.2) is 15.9 Å². The molecule has 1 amide bonds. The van der Waals surface area contributed by atoms with E-state index in [0.29, 0.717) is 22.7 Å². The lowest BCUT2D eigenvalue weighted by Gasteiger charge is -2.03. The number of carbonyl (C=O) groups excluding carboxylic acids is 1. The molecule has 6 heteroatoms. The fourth-order valence-corrected chi connectivity index (χ4v) is 2.65. The van der Waals surface area contributed by atoms with Gasteiger partial charge in [0, 0.05) is 11.6 Å². The minimum atomic E-state index is -0.178. The summed E-state index contributed by atoms with van der Waals surface area (Å²) in [5.41, 5.74) is 1.55. The number of rotatable bonds is 4. The number of H-pyrrole nitrogens is 1. The first-order valence-corrected chi connectivity index (χ1v) is 7.27. The van der Waals surface area contributed by atoms with Gasteiger partial charge in [-0.1, -0.05) is 26.1 Å². The van der Waals surface area contributed by atoms with Crippen LogP contribution in [0.1, 0.15) is 40.8 Å². The molecule has 0 fully saturated rings. The van der Waals surface area contributed by atoms with E-state index in [0.717, 1.165) is 10.7 Å². The summed E-state index contributed by atoms with van der Waals surface area (Å²) in [5.74, 6) is 0.229. The number of carbonyl (C=O) groups is 1. The molecule has 0 saturated heterocycles. The number of amides is 1. The Bertz CT molecular complexity index is 631. The highest BCUT2D eigenvalue weighted by molar-refractivity contribution is 7.71. The summed E-state index contributed by atoms with van der Waals surface area (Å²) >= 11 is 6.63. The van der Waals surface area contributed by atoms with Gasteiger partial charge in [-0.05, 0) is 18.1 Å². The number of aromatic amines is 1. The normalized spacial score (nSPS) is 10.7. The van der Waals surface area contributed by atoms with E-state index in [1.807, 2.05) is 5.38 Å². The van der Waals surface area contributed by atoms with Gasteiger partial charge in [0.15, 0.2) is 0 Å². The number of hydrogen-bond acceptors (Lipinski definition) is 4. The lowest BCUT2D eigenvalue weighted by Crippen LogP contribution is -2.23. The van der Waals surface area contributed by atoms with Crippen LogP contribution in [0.25, 0.3) is 0 Å². The lowest BCUT2D eigenvalue weighted by molar-refractivity contribution is 0.0950. The molecule has 0 aromatic carbocycles. The second-order valence-electron chi connectivity index (χ2n) is 4.42. The zero-order chi connectivity index (χ0) is 13.8. The van der Waals surface area contributed by atoms with Crippen LogP contribution in [0.15, 0.2) is 23.7 Å². The maximum Gasteiger partial charge on any atom is 0.254 e. The average Bonchev–Trinajstić information content (AvgIpc) is 2.85. The Morgan fingerprint density at radius 1 is 1.58 bits per heavy atom. The van der Waals surface area contributed by atoms with Gasteiger partial charge in [-0.3, -0.25) is 4.79 Å². The number of hydrogen-bond donors (Lipinski definition) is 2. The van der Waals surface area contributed by atoms with Gasteiger partial charge in [-0.15, -0.1) is 11.3 Å². The van der Waals surface area contributed by atoms with Gasteiger partial charge < -0.3 is 10.3 Å². The summed E-state index contributed by atoms with van der Waals surface area (Å²) in [6.45, 7) is 4.63. The van der Waals surface area contributed by atoms with Crippen molar-refractivity contribution < 1.29 is 4.79 Å². The van der Waals surface area contributed by atoms with Gasteiger partial charge in [-0.25, -0.2) is 4.98 Å². The van der Waals surface area contributed by atoms with Crippen LogP contribution in [0, 0.1) is 4.64 Å². The second-order valence-corrected chi connectivity index (χ2v) is 5.77. The quantitative estimate of drug-likeness (QED) is 0.851. The number of thiazole rings is 1. The van der Waals surface area contributed by atoms with Crippen LogP contribution in [0.3, 0.4) is 0 Å². The predicted molar refractivity (Wildman–Crippen MR) is 79.0 cm³/mol. The van der Waals surface area contributed by atoms with Crippen LogP contribution >= 0.6 is 23.6 Å². The van der Waals surface area contributed by atoms with E-state index in [9.17, 15) is 4.79 Å². The summed E-state index contributed by atoms with van der Waals surface area (Å²) in [6, 6.07) is 3.46. The monoisotopic (exact) mass is 293 g/mol. The van der Waals surface area contributed by atoms with Gasteiger partial charge in [0.1, 0.15) is 9.65 Å². The average molecular weight is 293 g/mol. The minimum Gasteiger partial charge on any atom is -0.352 e. The SMILES string of the molecule is CC(C)c1csc(CNC(=O)c2ccc[nH]c2=S)n1. The number of nitrogens with zero attached hydrogens (tertiary/aromatic N) is 1. The van der Waals surface area contributed by atoms with Crippen LogP contribution < -0.4 is 5.32 Å². The Kier molecular flexibility index (Phi) is 4.44. The molecule has 19 heavy (non-hydrogen) atoms. The van der Waals surface area contributed by atoms with Crippen molar-refractivity contribution in [3.05, 3.63) is 44.6 Å². The maximum absolute atomic E-state index is 12.0. The molecule has 0 bridgehead atoms. The maximum atomic E-state index is 12.0. The van der Waals surface area contributed by atoms with Crippen LogP contribution in [0.4, 0.5) is 0 Å². The smallest absolute Gasteiger partial charge is 0.254 e. The standard InChI is InChI=1S/C13H15N3OS2/c1-8(2)10-7-19-11(16-10)6-15-12(17)9-4-3-5-14-13(9)18/h3-5,7-8H,6H2,1-2H3,(H,14,18)(H,15,17). The third kappa shape index (κ3) is 3.48. The molecule has 0 aliphatic rings. The van der Waals surface area contributed by atoms with Gasteiger partial charge >= 0.3 is 0 Å². The zero-order valence-electron chi connectivity index (χ0n) is 10.8. The van der Waals surface area contributed by atoms with Crippen molar-refractivity contribution in [2.24, 2.45) is 0 Å². The van der Waals surface area contributed by atoms with E-state index in [1.165, 1.54) is 0 Å². The van der Waals surface area contributed by atoms with Crippen molar-refractivity contribution in [2.75, 3.05) is 0 Å². The molecule has 0 saturated carbocycles. The Morgan fingerprint density at radius 2 is 2.37 bits per heavy atom. The first-order valence-electron chi connectivity index (χ1n) is 5.98. The molecule has 2 heterocycles. The molecule has 2 aromatic rings. The fourth-order valence-electron chi connectivity index (χ4n) is 1.52. The fraction of sp³-hybridized carbons (Fsp3) is 0.308. The van der Waals surface area contributed by atoms with E-state index < -0.39 is 0 Å². The molecule has 100 valence electrons. The molecule has 0 atom stereocenters. The lowest BCUT2D eigenvalue weighted by atomic mass is 10.2. The first-order chi connectivity index (χ1) is 9.08. The molecule has 2 aromatic heterocycles. The largest absolute Gasteiger partial charge is 0.352 e. The van der Waals surface area contributed by atoms with Crippen molar-refractivity contribution in [1.82, 2.24) is 15.3 Å². The molecule has 0 aliphatic heterocycles. The van der Waals surface area contributed by atoms with Crippen molar-refractivity contribution in [3.8, 4) is 0 Å². The Labute approximate surface area is 120 Å². The Balaban J connectivity index is 2.00. The van der Waals surface area contributed by atoms with Crippen molar-refractivity contribution in [3.63, 3.8) is 0 Å². The van der Waals surface area contributed by atoms with E-state index in [-0.39, 0.29) is 5.91 Å². The minimum absolute atomic E-state index is 0.178. The highest BCUT2D eigenvalue weighted by atomic mass is 32.1. The highest BCUT2D eigenvalue weighted by Gasteiger charge is 2.09.